The summed E-state index contributed by atoms with van der Waals surface area (Å²) in [6.45, 7) is 2.61. The second-order valence-electron chi connectivity index (χ2n) is 5.89. The van der Waals surface area contributed by atoms with Gasteiger partial charge in [0.15, 0.2) is 11.5 Å². The zero-order chi connectivity index (χ0) is 17.1. The molecule has 2 heterocycles. The Morgan fingerprint density at radius 2 is 1.88 bits per heavy atom. The highest BCUT2D eigenvalue weighted by Crippen LogP contribution is 2.33. The predicted molar refractivity (Wildman–Crippen MR) is 86.2 cm³/mol. The minimum Gasteiger partial charge on any atom is -0.493 e. The van der Waals surface area contributed by atoms with Crippen molar-refractivity contribution >= 4 is 12.0 Å². The van der Waals surface area contributed by atoms with Gasteiger partial charge in [-0.1, -0.05) is 0 Å². The third kappa shape index (κ3) is 3.25. The Morgan fingerprint density at radius 3 is 2.50 bits per heavy atom. The van der Waals surface area contributed by atoms with Gasteiger partial charge in [0.2, 0.25) is 5.91 Å². The van der Waals surface area contributed by atoms with Gasteiger partial charge in [0.1, 0.15) is 6.61 Å². The lowest BCUT2D eigenvalue weighted by atomic mass is 9.98. The lowest BCUT2D eigenvalue weighted by Crippen LogP contribution is -2.38. The summed E-state index contributed by atoms with van der Waals surface area (Å²) in [7, 11) is 3.22. The van der Waals surface area contributed by atoms with Crippen LogP contribution in [0.2, 0.25) is 0 Å². The first-order valence-corrected chi connectivity index (χ1v) is 8.05. The Morgan fingerprint density at radius 1 is 1.17 bits per heavy atom. The highest BCUT2D eigenvalue weighted by atomic mass is 16.6. The molecule has 0 aromatic heterocycles. The first-order valence-electron chi connectivity index (χ1n) is 8.05. The van der Waals surface area contributed by atoms with Crippen LogP contribution in [0.3, 0.4) is 0 Å². The molecule has 0 aliphatic carbocycles. The van der Waals surface area contributed by atoms with E-state index in [2.05, 4.69) is 0 Å². The largest absolute Gasteiger partial charge is 0.493 e. The van der Waals surface area contributed by atoms with Crippen molar-refractivity contribution in [3.8, 4) is 11.5 Å². The minimum absolute atomic E-state index is 0.0511. The van der Waals surface area contributed by atoms with Crippen LogP contribution in [0, 0.1) is 0 Å². The molecule has 1 aromatic carbocycles. The van der Waals surface area contributed by atoms with Crippen LogP contribution < -0.4 is 9.47 Å². The molecule has 0 bridgehead atoms. The Balaban J connectivity index is 1.63. The van der Waals surface area contributed by atoms with Crippen LogP contribution in [0.5, 0.6) is 11.5 Å². The van der Waals surface area contributed by atoms with Crippen LogP contribution in [0.15, 0.2) is 12.1 Å². The van der Waals surface area contributed by atoms with E-state index in [1.54, 1.807) is 19.1 Å². The molecular formula is C17H22N2O5. The number of amides is 2. The number of nitrogens with zero attached hydrogens (tertiary/aromatic N) is 2. The molecule has 0 atom stereocenters. The van der Waals surface area contributed by atoms with Gasteiger partial charge in [-0.3, -0.25) is 4.79 Å². The topological polar surface area (TPSA) is 68.3 Å². The molecule has 3 rings (SSSR count). The fraction of sp³-hybridized carbons (Fsp3) is 0.529. The zero-order valence-electron chi connectivity index (χ0n) is 14.0. The highest BCUT2D eigenvalue weighted by Gasteiger charge is 2.26. The van der Waals surface area contributed by atoms with Gasteiger partial charge in [-0.15, -0.1) is 0 Å². The molecule has 1 fully saturated rings. The number of carbonyl (C=O) groups excluding carboxylic acids is 2. The van der Waals surface area contributed by atoms with E-state index in [1.807, 2.05) is 17.0 Å². The van der Waals surface area contributed by atoms with E-state index in [1.165, 1.54) is 5.56 Å². The van der Waals surface area contributed by atoms with Crippen molar-refractivity contribution in [2.24, 2.45) is 0 Å². The average Bonchev–Trinajstić information content (AvgIpc) is 3.02. The average molecular weight is 334 g/mol. The van der Waals surface area contributed by atoms with E-state index >= 15 is 0 Å². The van der Waals surface area contributed by atoms with Crippen LogP contribution in [-0.2, 0) is 22.5 Å². The Labute approximate surface area is 141 Å². The number of hydrogen-bond donors (Lipinski definition) is 0. The Kier molecular flexibility index (Phi) is 4.78. The molecule has 7 nitrogen and oxygen atoms in total. The van der Waals surface area contributed by atoms with Crippen LogP contribution in [0.4, 0.5) is 4.79 Å². The molecule has 1 saturated heterocycles. The number of methoxy groups -OCH3 is 2. The fourth-order valence-electron chi connectivity index (χ4n) is 3.11. The molecule has 0 unspecified atom stereocenters. The highest BCUT2D eigenvalue weighted by molar-refractivity contribution is 5.78. The van der Waals surface area contributed by atoms with E-state index in [4.69, 9.17) is 14.2 Å². The number of cyclic esters (lactones) is 1. The second kappa shape index (κ2) is 6.98. The summed E-state index contributed by atoms with van der Waals surface area (Å²) >= 11 is 0. The molecular weight excluding hydrogens is 312 g/mol. The molecule has 0 N–H and O–H groups in total. The quantitative estimate of drug-likeness (QED) is 0.815. The van der Waals surface area contributed by atoms with E-state index < -0.39 is 0 Å². The molecule has 2 aliphatic heterocycles. The number of hydrogen-bond acceptors (Lipinski definition) is 5. The third-order valence-corrected chi connectivity index (χ3v) is 4.51. The zero-order valence-corrected chi connectivity index (χ0v) is 14.0. The van der Waals surface area contributed by atoms with E-state index in [9.17, 15) is 9.59 Å². The van der Waals surface area contributed by atoms with Crippen molar-refractivity contribution in [1.82, 2.24) is 9.80 Å². The summed E-state index contributed by atoms with van der Waals surface area (Å²) in [5.74, 6) is 1.43. The molecule has 7 heteroatoms. The summed E-state index contributed by atoms with van der Waals surface area (Å²) in [5, 5.41) is 0. The normalized spacial score (nSPS) is 16.7. The van der Waals surface area contributed by atoms with Gasteiger partial charge >= 0.3 is 6.09 Å². The molecule has 0 spiro atoms. The molecule has 1 aromatic rings. The molecule has 2 aliphatic rings. The van der Waals surface area contributed by atoms with Crippen molar-refractivity contribution in [1.29, 1.82) is 0 Å². The summed E-state index contributed by atoms with van der Waals surface area (Å²) in [6.07, 6.45) is 0.772. The van der Waals surface area contributed by atoms with Crippen LogP contribution in [0.25, 0.3) is 0 Å². The summed E-state index contributed by atoms with van der Waals surface area (Å²) in [5.41, 5.74) is 2.26. The standard InChI is InChI=1S/C17H22N2O5/c1-22-14-9-12-3-5-19(11-13(12)10-15(14)23-2)16(20)4-6-18-7-8-24-17(18)21/h9-10H,3-8,11H2,1-2H3. The number of benzene rings is 1. The van der Waals surface area contributed by atoms with Gasteiger partial charge in [0.25, 0.3) is 0 Å². The lowest BCUT2D eigenvalue weighted by Gasteiger charge is -2.30. The fourth-order valence-corrected chi connectivity index (χ4v) is 3.11. The van der Waals surface area contributed by atoms with Crippen molar-refractivity contribution in [3.63, 3.8) is 0 Å². The van der Waals surface area contributed by atoms with Crippen LogP contribution in [-0.4, -0.2) is 62.3 Å². The Bertz CT molecular complexity index is 646. The minimum atomic E-state index is -0.330. The van der Waals surface area contributed by atoms with Gasteiger partial charge in [-0.25, -0.2) is 4.79 Å². The number of fused-ring (bicyclic) bond motifs is 1. The predicted octanol–water partition coefficient (Wildman–Crippen LogP) is 1.43. The maximum Gasteiger partial charge on any atom is 0.409 e. The van der Waals surface area contributed by atoms with Gasteiger partial charge in [-0.2, -0.15) is 0 Å². The second-order valence-corrected chi connectivity index (χ2v) is 5.89. The Hall–Kier alpha value is -2.44. The monoisotopic (exact) mass is 334 g/mol. The number of rotatable bonds is 5. The van der Waals surface area contributed by atoms with Gasteiger partial charge < -0.3 is 24.0 Å². The van der Waals surface area contributed by atoms with Gasteiger partial charge in [-0.05, 0) is 29.7 Å². The van der Waals surface area contributed by atoms with E-state index in [0.29, 0.717) is 50.7 Å². The lowest BCUT2D eigenvalue weighted by molar-refractivity contribution is -0.132. The third-order valence-electron chi connectivity index (χ3n) is 4.51. The first-order chi connectivity index (χ1) is 11.6. The van der Waals surface area contributed by atoms with Gasteiger partial charge in [0, 0.05) is 26.1 Å². The van der Waals surface area contributed by atoms with Crippen LogP contribution >= 0.6 is 0 Å². The smallest absolute Gasteiger partial charge is 0.409 e. The SMILES string of the molecule is COc1cc2c(cc1OC)CN(C(=O)CCN1CCOC1=O)CC2. The number of carbonyl (C=O) groups is 2. The maximum atomic E-state index is 12.4. The van der Waals surface area contributed by atoms with E-state index in [0.717, 1.165) is 12.0 Å². The van der Waals surface area contributed by atoms with Crippen molar-refractivity contribution in [2.45, 2.75) is 19.4 Å². The van der Waals surface area contributed by atoms with Crippen LogP contribution in [0.1, 0.15) is 17.5 Å². The number of ether oxygens (including phenoxy) is 3. The summed E-state index contributed by atoms with van der Waals surface area (Å²) in [4.78, 5) is 27.3. The van der Waals surface area contributed by atoms with Crippen molar-refractivity contribution in [2.75, 3.05) is 40.5 Å². The maximum absolute atomic E-state index is 12.4. The molecule has 2 amide bonds. The molecule has 24 heavy (non-hydrogen) atoms. The summed E-state index contributed by atoms with van der Waals surface area (Å²) in [6, 6.07) is 3.92. The molecule has 130 valence electrons. The van der Waals surface area contributed by atoms with Crippen molar-refractivity contribution < 1.29 is 23.8 Å². The van der Waals surface area contributed by atoms with Gasteiger partial charge in [0.05, 0.1) is 20.8 Å². The van der Waals surface area contributed by atoms with Crippen molar-refractivity contribution in [3.05, 3.63) is 23.3 Å². The first kappa shape index (κ1) is 16.4. The summed E-state index contributed by atoms with van der Waals surface area (Å²) < 4.78 is 15.5. The molecule has 0 saturated carbocycles. The molecule has 0 radical (unpaired) electrons. The van der Waals surface area contributed by atoms with E-state index in [-0.39, 0.29) is 12.0 Å².